The van der Waals surface area contributed by atoms with E-state index in [0.29, 0.717) is 33.0 Å². The lowest BCUT2D eigenvalue weighted by Gasteiger charge is -2.06. The Balaban J connectivity index is 1.24. The highest BCUT2D eigenvalue weighted by atomic mass is 32.2. The number of rotatable bonds is 7. The van der Waals surface area contributed by atoms with Crippen LogP contribution in [0.1, 0.15) is 15.9 Å². The Hall–Kier alpha value is -3.96. The van der Waals surface area contributed by atoms with Crippen LogP contribution in [0, 0.1) is 11.6 Å². The van der Waals surface area contributed by atoms with Crippen LogP contribution in [0.15, 0.2) is 83.3 Å². The smallest absolute Gasteiger partial charge is 0.257 e. The zero-order valence-corrected chi connectivity index (χ0v) is 19.6. The van der Waals surface area contributed by atoms with E-state index in [-0.39, 0.29) is 17.5 Å². The molecule has 3 aromatic carbocycles. The predicted molar refractivity (Wildman–Crippen MR) is 131 cm³/mol. The van der Waals surface area contributed by atoms with Gasteiger partial charge in [0, 0.05) is 22.3 Å². The summed E-state index contributed by atoms with van der Waals surface area (Å²) in [6.45, 7) is 0. The highest BCUT2D eigenvalue weighted by Gasteiger charge is 2.13. The fourth-order valence-electron chi connectivity index (χ4n) is 3.17. The van der Waals surface area contributed by atoms with Crippen molar-refractivity contribution in [3.63, 3.8) is 0 Å². The molecule has 35 heavy (non-hydrogen) atoms. The zero-order valence-electron chi connectivity index (χ0n) is 17.9. The van der Waals surface area contributed by atoms with Gasteiger partial charge in [0.05, 0.1) is 11.4 Å². The number of hydrogen-bond donors (Lipinski definition) is 1. The summed E-state index contributed by atoms with van der Waals surface area (Å²) in [7, 11) is 0. The average molecular weight is 507 g/mol. The zero-order chi connectivity index (χ0) is 24.2. The van der Waals surface area contributed by atoms with Crippen LogP contribution in [0.4, 0.5) is 13.9 Å². The van der Waals surface area contributed by atoms with Gasteiger partial charge in [-0.1, -0.05) is 23.9 Å². The van der Waals surface area contributed by atoms with Gasteiger partial charge in [0.2, 0.25) is 5.16 Å². The Morgan fingerprint density at radius 2 is 1.63 bits per heavy atom. The van der Waals surface area contributed by atoms with E-state index in [9.17, 15) is 13.6 Å². The molecule has 0 aliphatic rings. The molecule has 0 spiro atoms. The van der Waals surface area contributed by atoms with Crippen LogP contribution in [-0.4, -0.2) is 31.1 Å². The van der Waals surface area contributed by atoms with Crippen LogP contribution in [-0.2, 0) is 5.75 Å². The van der Waals surface area contributed by atoms with Gasteiger partial charge in [0.25, 0.3) is 5.91 Å². The van der Waals surface area contributed by atoms with Gasteiger partial charge in [-0.25, -0.2) is 13.8 Å². The molecule has 11 heteroatoms. The molecular formula is C24H16F2N6OS2. The van der Waals surface area contributed by atoms with Gasteiger partial charge < -0.3 is 0 Å². The van der Waals surface area contributed by atoms with Gasteiger partial charge in [-0.2, -0.15) is 4.68 Å². The summed E-state index contributed by atoms with van der Waals surface area (Å²) in [6.07, 6.45) is 0. The number of nitrogens with zero attached hydrogens (tertiary/aromatic N) is 5. The Morgan fingerprint density at radius 3 is 2.34 bits per heavy atom. The molecule has 0 saturated carbocycles. The van der Waals surface area contributed by atoms with Crippen molar-refractivity contribution in [1.29, 1.82) is 0 Å². The minimum absolute atomic E-state index is 0.282. The quantitative estimate of drug-likeness (QED) is 0.289. The number of hydrogen-bond acceptors (Lipinski definition) is 7. The van der Waals surface area contributed by atoms with Crippen LogP contribution < -0.4 is 5.32 Å². The van der Waals surface area contributed by atoms with Gasteiger partial charge in [0.15, 0.2) is 5.13 Å². The first-order valence-corrected chi connectivity index (χ1v) is 12.2. The summed E-state index contributed by atoms with van der Waals surface area (Å²) in [4.78, 5) is 17.1. The lowest BCUT2D eigenvalue weighted by atomic mass is 10.2. The van der Waals surface area contributed by atoms with E-state index in [1.807, 2.05) is 0 Å². The number of aromatic nitrogens is 5. The summed E-state index contributed by atoms with van der Waals surface area (Å²) in [5.41, 5.74) is 3.51. The van der Waals surface area contributed by atoms with Crippen molar-refractivity contribution in [2.45, 2.75) is 10.9 Å². The lowest BCUT2D eigenvalue weighted by molar-refractivity contribution is 0.102. The summed E-state index contributed by atoms with van der Waals surface area (Å²) in [6, 6.07) is 19.1. The van der Waals surface area contributed by atoms with Crippen molar-refractivity contribution in [3.05, 3.63) is 101 Å². The topological polar surface area (TPSA) is 85.6 Å². The monoisotopic (exact) mass is 506 g/mol. The predicted octanol–water partition coefficient (Wildman–Crippen LogP) is 5.61. The highest BCUT2D eigenvalue weighted by Crippen LogP contribution is 2.26. The first-order chi connectivity index (χ1) is 17.0. The molecule has 0 atom stereocenters. The van der Waals surface area contributed by atoms with Crippen molar-refractivity contribution in [2.24, 2.45) is 0 Å². The van der Waals surface area contributed by atoms with Crippen molar-refractivity contribution >= 4 is 34.1 Å². The molecule has 0 saturated heterocycles. The second kappa shape index (κ2) is 10.1. The maximum atomic E-state index is 13.1. The van der Waals surface area contributed by atoms with Crippen molar-refractivity contribution in [3.8, 4) is 16.9 Å². The SMILES string of the molecule is O=C(Nc1nc(-c2ccc(F)cc2)cs1)c1ccc(-n2nnnc2SCc2ccc(F)cc2)cc1. The molecule has 1 amide bonds. The van der Waals surface area contributed by atoms with E-state index >= 15 is 0 Å². The molecule has 1 N–H and O–H groups in total. The average Bonchev–Trinajstić information content (AvgIpc) is 3.54. The van der Waals surface area contributed by atoms with Crippen molar-refractivity contribution in [1.82, 2.24) is 25.2 Å². The molecule has 0 aliphatic heterocycles. The number of halogens is 2. The van der Waals surface area contributed by atoms with E-state index in [1.165, 1.54) is 47.4 Å². The fraction of sp³-hybridized carbons (Fsp3) is 0.0417. The Bertz CT molecular complexity index is 1450. The number of carbonyl (C=O) groups is 1. The normalized spacial score (nSPS) is 10.9. The third-order valence-electron chi connectivity index (χ3n) is 4.96. The molecule has 174 valence electrons. The van der Waals surface area contributed by atoms with Gasteiger partial charge in [0.1, 0.15) is 11.6 Å². The number of nitrogens with one attached hydrogen (secondary N) is 1. The highest BCUT2D eigenvalue weighted by molar-refractivity contribution is 7.98. The van der Waals surface area contributed by atoms with Gasteiger partial charge in [-0.05, 0) is 76.7 Å². The van der Waals surface area contributed by atoms with E-state index in [1.54, 1.807) is 58.6 Å². The van der Waals surface area contributed by atoms with Crippen LogP contribution in [0.3, 0.4) is 0 Å². The fourth-order valence-corrected chi connectivity index (χ4v) is 4.73. The molecule has 0 unspecified atom stereocenters. The molecular weight excluding hydrogens is 490 g/mol. The van der Waals surface area contributed by atoms with Gasteiger partial charge in [-0.15, -0.1) is 16.4 Å². The molecule has 7 nitrogen and oxygen atoms in total. The number of thiazole rings is 1. The molecule has 2 aromatic heterocycles. The number of amides is 1. The standard InChI is InChI=1S/C24H16F2N6OS2/c25-18-7-1-15(2-8-18)13-35-24-29-30-31-32(24)20-11-5-17(6-12-20)22(33)28-23-27-21(14-34-23)16-3-9-19(26)10-4-16/h1-12,14H,13H2,(H,27,28,33). The molecule has 0 fully saturated rings. The first kappa shape index (κ1) is 22.8. The molecule has 2 heterocycles. The second-order valence-corrected chi connectivity index (χ2v) is 9.13. The third kappa shape index (κ3) is 5.42. The summed E-state index contributed by atoms with van der Waals surface area (Å²) in [5, 5.41) is 17.4. The second-order valence-electron chi connectivity index (χ2n) is 7.33. The largest absolute Gasteiger partial charge is 0.298 e. The van der Waals surface area contributed by atoms with E-state index in [2.05, 4.69) is 25.8 Å². The molecule has 5 rings (SSSR count). The lowest BCUT2D eigenvalue weighted by Crippen LogP contribution is -2.12. The number of thioether (sulfide) groups is 1. The maximum Gasteiger partial charge on any atom is 0.257 e. The van der Waals surface area contributed by atoms with Crippen LogP contribution >= 0.6 is 23.1 Å². The van der Waals surface area contributed by atoms with E-state index in [4.69, 9.17) is 0 Å². The van der Waals surface area contributed by atoms with Crippen molar-refractivity contribution in [2.75, 3.05) is 5.32 Å². The van der Waals surface area contributed by atoms with Crippen LogP contribution in [0.5, 0.6) is 0 Å². The Labute approximate surface area is 206 Å². The number of carbonyl (C=O) groups excluding carboxylic acids is 1. The first-order valence-electron chi connectivity index (χ1n) is 10.3. The van der Waals surface area contributed by atoms with Crippen LogP contribution in [0.2, 0.25) is 0 Å². The Morgan fingerprint density at radius 1 is 0.943 bits per heavy atom. The molecule has 0 bridgehead atoms. The maximum absolute atomic E-state index is 13.1. The number of anilines is 1. The summed E-state index contributed by atoms with van der Waals surface area (Å²) < 4.78 is 27.8. The van der Waals surface area contributed by atoms with Crippen LogP contribution in [0.25, 0.3) is 16.9 Å². The van der Waals surface area contributed by atoms with Gasteiger partial charge in [-0.3, -0.25) is 10.1 Å². The molecule has 5 aromatic rings. The minimum Gasteiger partial charge on any atom is -0.298 e. The van der Waals surface area contributed by atoms with E-state index < -0.39 is 0 Å². The minimum atomic E-state index is -0.318. The molecule has 0 radical (unpaired) electrons. The third-order valence-corrected chi connectivity index (χ3v) is 6.71. The summed E-state index contributed by atoms with van der Waals surface area (Å²) >= 11 is 2.71. The number of tetrazole rings is 1. The van der Waals surface area contributed by atoms with Crippen molar-refractivity contribution < 1.29 is 13.6 Å². The van der Waals surface area contributed by atoms with E-state index in [0.717, 1.165) is 11.1 Å². The molecule has 0 aliphatic carbocycles. The summed E-state index contributed by atoms with van der Waals surface area (Å²) in [5.74, 6) is -0.328. The van der Waals surface area contributed by atoms with Gasteiger partial charge >= 0.3 is 0 Å². The Kier molecular flexibility index (Phi) is 6.59. The number of benzene rings is 3.